The Balaban J connectivity index is 2.04. The number of rotatable bonds is 5. The van der Waals surface area contributed by atoms with Crippen LogP contribution in [0.4, 0.5) is 5.69 Å². The molecular formula is C19H21NO5S. The number of esters is 1. The maximum atomic E-state index is 12.2. The van der Waals surface area contributed by atoms with E-state index in [9.17, 15) is 18.0 Å². The minimum atomic E-state index is -3.44. The smallest absolute Gasteiger partial charge is 0.338 e. The van der Waals surface area contributed by atoms with Crippen molar-refractivity contribution in [1.82, 2.24) is 0 Å². The van der Waals surface area contributed by atoms with Crippen LogP contribution < -0.4 is 5.32 Å². The zero-order valence-electron chi connectivity index (χ0n) is 15.1. The average Bonchev–Trinajstić information content (AvgIpc) is 2.55. The van der Waals surface area contributed by atoms with Gasteiger partial charge in [0.15, 0.2) is 16.4 Å². The molecule has 0 atom stereocenters. The number of aryl methyl sites for hydroxylation is 3. The van der Waals surface area contributed by atoms with Gasteiger partial charge >= 0.3 is 5.97 Å². The molecule has 0 bridgehead atoms. The van der Waals surface area contributed by atoms with Gasteiger partial charge in [0.1, 0.15) is 0 Å². The molecule has 6 nitrogen and oxygen atoms in total. The minimum absolute atomic E-state index is 0.0228. The quantitative estimate of drug-likeness (QED) is 0.812. The highest BCUT2D eigenvalue weighted by Crippen LogP contribution is 2.17. The van der Waals surface area contributed by atoms with Gasteiger partial charge in [-0.1, -0.05) is 12.1 Å². The Morgan fingerprint density at radius 1 is 0.962 bits per heavy atom. The Morgan fingerprint density at radius 2 is 1.62 bits per heavy atom. The fourth-order valence-corrected chi connectivity index (χ4v) is 2.92. The number of nitrogens with one attached hydrogen (secondary N) is 1. The summed E-state index contributed by atoms with van der Waals surface area (Å²) in [7, 11) is -3.44. The SMILES string of the molecule is Cc1ccc(NC(=O)COC(=O)c2cc(S(C)(=O)=O)ccc2C)cc1C. The van der Waals surface area contributed by atoms with E-state index in [1.807, 2.05) is 26.0 Å². The zero-order chi connectivity index (χ0) is 19.5. The van der Waals surface area contributed by atoms with Gasteiger partial charge in [-0.05, 0) is 61.7 Å². The summed E-state index contributed by atoms with van der Waals surface area (Å²) >= 11 is 0. The van der Waals surface area contributed by atoms with Crippen molar-refractivity contribution >= 4 is 27.4 Å². The maximum absolute atomic E-state index is 12.2. The van der Waals surface area contributed by atoms with Crippen LogP contribution >= 0.6 is 0 Å². The molecule has 0 heterocycles. The Bertz CT molecular complexity index is 964. The lowest BCUT2D eigenvalue weighted by Gasteiger charge is -2.10. The van der Waals surface area contributed by atoms with Crippen LogP contribution in [0.3, 0.4) is 0 Å². The second-order valence-electron chi connectivity index (χ2n) is 6.17. The van der Waals surface area contributed by atoms with Crippen molar-refractivity contribution in [3.63, 3.8) is 0 Å². The van der Waals surface area contributed by atoms with Crippen molar-refractivity contribution in [2.75, 3.05) is 18.2 Å². The predicted octanol–water partition coefficient (Wildman–Crippen LogP) is 2.81. The molecule has 0 aliphatic heterocycles. The third kappa shape index (κ3) is 4.92. The standard InChI is InChI=1S/C19H21NO5S/c1-12-5-7-15(9-14(12)3)20-18(21)11-25-19(22)17-10-16(26(4,23)24)8-6-13(17)2/h5-10H,11H2,1-4H3,(H,20,21). The van der Waals surface area contributed by atoms with E-state index in [-0.39, 0.29) is 10.5 Å². The van der Waals surface area contributed by atoms with Crippen LogP contribution in [0.15, 0.2) is 41.3 Å². The maximum Gasteiger partial charge on any atom is 0.338 e. The lowest BCUT2D eigenvalue weighted by Crippen LogP contribution is -2.21. The van der Waals surface area contributed by atoms with Crippen LogP contribution in [0.5, 0.6) is 0 Å². The van der Waals surface area contributed by atoms with Crippen LogP contribution in [0.1, 0.15) is 27.0 Å². The van der Waals surface area contributed by atoms with Crippen molar-refractivity contribution in [3.8, 4) is 0 Å². The van der Waals surface area contributed by atoms with Crippen LogP contribution in [0, 0.1) is 20.8 Å². The largest absolute Gasteiger partial charge is 0.452 e. The summed E-state index contributed by atoms with van der Waals surface area (Å²) in [5.41, 5.74) is 3.44. The highest BCUT2D eigenvalue weighted by molar-refractivity contribution is 7.90. The summed E-state index contributed by atoms with van der Waals surface area (Å²) in [6, 6.07) is 9.69. The molecule has 0 aliphatic rings. The van der Waals surface area contributed by atoms with Crippen molar-refractivity contribution in [2.24, 2.45) is 0 Å². The van der Waals surface area contributed by atoms with Gasteiger partial charge in [-0.25, -0.2) is 13.2 Å². The lowest BCUT2D eigenvalue weighted by molar-refractivity contribution is -0.119. The topological polar surface area (TPSA) is 89.5 Å². The van der Waals surface area contributed by atoms with E-state index in [1.54, 1.807) is 13.0 Å². The first-order valence-corrected chi connectivity index (χ1v) is 9.82. The third-order valence-corrected chi connectivity index (χ3v) is 5.09. The summed E-state index contributed by atoms with van der Waals surface area (Å²) in [4.78, 5) is 24.2. The molecule has 7 heteroatoms. The van der Waals surface area contributed by atoms with E-state index in [1.165, 1.54) is 18.2 Å². The third-order valence-electron chi connectivity index (χ3n) is 3.98. The Hall–Kier alpha value is -2.67. The van der Waals surface area contributed by atoms with Gasteiger partial charge in [0.2, 0.25) is 0 Å². The van der Waals surface area contributed by atoms with Gasteiger partial charge < -0.3 is 10.1 Å². The summed E-state index contributed by atoms with van der Waals surface area (Å²) in [5.74, 6) is -1.22. The summed E-state index contributed by atoms with van der Waals surface area (Å²) < 4.78 is 28.3. The normalized spacial score (nSPS) is 11.1. The molecule has 0 radical (unpaired) electrons. The second-order valence-corrected chi connectivity index (χ2v) is 8.19. The molecule has 0 saturated heterocycles. The number of sulfone groups is 1. The molecule has 2 aromatic carbocycles. The zero-order valence-corrected chi connectivity index (χ0v) is 15.9. The lowest BCUT2D eigenvalue weighted by atomic mass is 10.1. The molecule has 26 heavy (non-hydrogen) atoms. The van der Waals surface area contributed by atoms with E-state index in [0.717, 1.165) is 17.4 Å². The second kappa shape index (κ2) is 7.70. The molecule has 0 aromatic heterocycles. The molecule has 0 spiro atoms. The fourth-order valence-electron chi connectivity index (χ4n) is 2.28. The Labute approximate surface area is 153 Å². The highest BCUT2D eigenvalue weighted by Gasteiger charge is 2.16. The number of anilines is 1. The fraction of sp³-hybridized carbons (Fsp3) is 0.263. The molecule has 138 valence electrons. The first-order valence-electron chi connectivity index (χ1n) is 7.93. The van der Waals surface area contributed by atoms with Crippen molar-refractivity contribution in [1.29, 1.82) is 0 Å². The molecule has 0 fully saturated rings. The number of hydrogen-bond donors (Lipinski definition) is 1. The molecule has 1 amide bonds. The molecular weight excluding hydrogens is 354 g/mol. The van der Waals surface area contributed by atoms with E-state index in [4.69, 9.17) is 4.74 Å². The number of carbonyl (C=O) groups excluding carboxylic acids is 2. The van der Waals surface area contributed by atoms with Gasteiger partial charge in [-0.15, -0.1) is 0 Å². The number of carbonyl (C=O) groups is 2. The Morgan fingerprint density at radius 3 is 2.23 bits per heavy atom. The number of benzene rings is 2. The highest BCUT2D eigenvalue weighted by atomic mass is 32.2. The number of amides is 1. The molecule has 0 aliphatic carbocycles. The molecule has 0 unspecified atom stereocenters. The summed E-state index contributed by atoms with van der Waals surface area (Å²) in [5, 5.41) is 2.66. The monoisotopic (exact) mass is 375 g/mol. The van der Waals surface area contributed by atoms with Gasteiger partial charge in [0, 0.05) is 11.9 Å². The molecule has 0 saturated carbocycles. The van der Waals surface area contributed by atoms with E-state index in [0.29, 0.717) is 11.3 Å². The van der Waals surface area contributed by atoms with Crippen molar-refractivity contribution in [3.05, 3.63) is 58.7 Å². The molecule has 2 rings (SSSR count). The van der Waals surface area contributed by atoms with Gasteiger partial charge in [0.05, 0.1) is 10.5 Å². The Kier molecular flexibility index (Phi) is 5.82. The van der Waals surface area contributed by atoms with Crippen LogP contribution in [-0.2, 0) is 19.4 Å². The predicted molar refractivity (Wildman–Crippen MR) is 99.1 cm³/mol. The summed E-state index contributed by atoms with van der Waals surface area (Å²) in [6.45, 7) is 5.10. The average molecular weight is 375 g/mol. The van der Waals surface area contributed by atoms with Gasteiger partial charge in [0.25, 0.3) is 5.91 Å². The molecule has 1 N–H and O–H groups in total. The van der Waals surface area contributed by atoms with Crippen LogP contribution in [0.25, 0.3) is 0 Å². The van der Waals surface area contributed by atoms with Crippen molar-refractivity contribution in [2.45, 2.75) is 25.7 Å². The number of hydrogen-bond acceptors (Lipinski definition) is 5. The van der Waals surface area contributed by atoms with Crippen LogP contribution in [-0.4, -0.2) is 33.2 Å². The first-order chi connectivity index (χ1) is 12.1. The van der Waals surface area contributed by atoms with E-state index >= 15 is 0 Å². The summed E-state index contributed by atoms with van der Waals surface area (Å²) in [6.07, 6.45) is 1.06. The van der Waals surface area contributed by atoms with E-state index in [2.05, 4.69) is 5.32 Å². The first kappa shape index (κ1) is 19.7. The van der Waals surface area contributed by atoms with Gasteiger partial charge in [-0.2, -0.15) is 0 Å². The van der Waals surface area contributed by atoms with E-state index < -0.39 is 28.3 Å². The van der Waals surface area contributed by atoms with Gasteiger partial charge in [-0.3, -0.25) is 4.79 Å². The van der Waals surface area contributed by atoms with Crippen molar-refractivity contribution < 1.29 is 22.7 Å². The van der Waals surface area contributed by atoms with Crippen LogP contribution in [0.2, 0.25) is 0 Å². The number of ether oxygens (including phenoxy) is 1. The minimum Gasteiger partial charge on any atom is -0.452 e. The molecule has 2 aromatic rings.